The molecule has 1 aliphatic rings. The summed E-state index contributed by atoms with van der Waals surface area (Å²) >= 11 is 0. The molecule has 37 heavy (non-hydrogen) atoms. The molecule has 3 aromatic heterocycles. The van der Waals surface area contributed by atoms with Crippen LogP contribution in [0.5, 0.6) is 5.88 Å². The lowest BCUT2D eigenvalue weighted by molar-refractivity contribution is -0.138. The minimum Gasteiger partial charge on any atom is -0.473 e. The van der Waals surface area contributed by atoms with Crippen LogP contribution in [0.1, 0.15) is 29.4 Å². The lowest BCUT2D eigenvalue weighted by Crippen LogP contribution is -2.57. The quantitative estimate of drug-likeness (QED) is 0.460. The molecule has 0 unspecified atom stereocenters. The molecule has 4 rings (SSSR count). The minimum absolute atomic E-state index is 0.0594. The maximum atomic E-state index is 14.5. The summed E-state index contributed by atoms with van der Waals surface area (Å²) in [5, 5.41) is 4.04. The first-order chi connectivity index (χ1) is 17.2. The molecule has 0 bridgehead atoms. The SMILES string of the molecule is C[C@@H]1CC(F)(F)CN(C(=O)c2nn(C)cc2-c2ncc(F)cn2)[C@@H]1COc1ncc(C(F)(F)F)cc1F. The number of hydrogen-bond acceptors (Lipinski definition) is 6. The van der Waals surface area contributed by atoms with Crippen LogP contribution < -0.4 is 4.74 Å². The van der Waals surface area contributed by atoms with Gasteiger partial charge in [-0.3, -0.25) is 9.48 Å². The van der Waals surface area contributed by atoms with Crippen molar-refractivity contribution in [3.63, 3.8) is 0 Å². The molecule has 0 spiro atoms. The molecule has 0 radical (unpaired) electrons. The molecule has 0 saturated carbocycles. The van der Waals surface area contributed by atoms with Gasteiger partial charge in [-0.15, -0.1) is 0 Å². The van der Waals surface area contributed by atoms with E-state index in [1.165, 1.54) is 24.9 Å². The summed E-state index contributed by atoms with van der Waals surface area (Å²) in [6.07, 6.45) is -1.98. The van der Waals surface area contributed by atoms with E-state index in [2.05, 4.69) is 20.1 Å². The van der Waals surface area contributed by atoms with Gasteiger partial charge in [0.1, 0.15) is 6.61 Å². The van der Waals surface area contributed by atoms with Gasteiger partial charge >= 0.3 is 6.18 Å². The van der Waals surface area contributed by atoms with Gasteiger partial charge in [0.2, 0.25) is 5.88 Å². The van der Waals surface area contributed by atoms with E-state index < -0.39 is 72.6 Å². The number of rotatable bonds is 5. The number of alkyl halides is 5. The Hall–Kier alpha value is -3.78. The number of piperidine rings is 1. The molecule has 3 aromatic rings. The highest BCUT2D eigenvalue weighted by molar-refractivity contribution is 5.98. The highest BCUT2D eigenvalue weighted by Gasteiger charge is 2.47. The van der Waals surface area contributed by atoms with Gasteiger partial charge in [0.15, 0.2) is 23.2 Å². The summed E-state index contributed by atoms with van der Waals surface area (Å²) in [4.78, 5) is 25.2. The zero-order chi connectivity index (χ0) is 27.1. The van der Waals surface area contributed by atoms with Crippen molar-refractivity contribution in [3.8, 4) is 17.3 Å². The fraction of sp³-hybridized carbons (Fsp3) is 0.409. The fourth-order valence-electron chi connectivity index (χ4n) is 4.07. The molecule has 4 heterocycles. The molecule has 1 fully saturated rings. The van der Waals surface area contributed by atoms with Crippen molar-refractivity contribution in [3.05, 3.63) is 53.7 Å². The Morgan fingerprint density at radius 2 is 1.84 bits per heavy atom. The van der Waals surface area contributed by atoms with E-state index in [0.717, 1.165) is 17.3 Å². The second-order valence-corrected chi connectivity index (χ2v) is 8.65. The fourth-order valence-corrected chi connectivity index (χ4v) is 4.07. The number of halogens is 7. The average Bonchev–Trinajstić information content (AvgIpc) is 3.19. The van der Waals surface area contributed by atoms with Crippen LogP contribution in [0.2, 0.25) is 0 Å². The van der Waals surface area contributed by atoms with E-state index in [0.29, 0.717) is 6.20 Å². The molecule has 1 amide bonds. The maximum Gasteiger partial charge on any atom is 0.417 e. The zero-order valence-electron chi connectivity index (χ0n) is 19.3. The molecule has 2 atom stereocenters. The van der Waals surface area contributed by atoms with Crippen molar-refractivity contribution in [2.45, 2.75) is 31.5 Å². The van der Waals surface area contributed by atoms with Crippen LogP contribution in [0.15, 0.2) is 30.9 Å². The van der Waals surface area contributed by atoms with Gasteiger partial charge in [-0.1, -0.05) is 6.92 Å². The molecule has 0 aromatic carbocycles. The second-order valence-electron chi connectivity index (χ2n) is 8.65. The first kappa shape index (κ1) is 26.3. The van der Waals surface area contributed by atoms with Crippen molar-refractivity contribution >= 4 is 5.91 Å². The predicted molar refractivity (Wildman–Crippen MR) is 112 cm³/mol. The number of aromatic nitrogens is 5. The van der Waals surface area contributed by atoms with E-state index in [4.69, 9.17) is 4.74 Å². The molecule has 198 valence electrons. The first-order valence-electron chi connectivity index (χ1n) is 10.8. The van der Waals surface area contributed by atoms with Gasteiger partial charge in [-0.25, -0.2) is 32.5 Å². The minimum atomic E-state index is -4.83. The number of likely N-dealkylation sites (tertiary alicyclic amines) is 1. The van der Waals surface area contributed by atoms with Crippen molar-refractivity contribution in [1.82, 2.24) is 29.6 Å². The van der Waals surface area contributed by atoms with Crippen molar-refractivity contribution < 1.29 is 40.3 Å². The van der Waals surface area contributed by atoms with Gasteiger partial charge in [-0.2, -0.15) is 18.3 Å². The molecule has 1 saturated heterocycles. The van der Waals surface area contributed by atoms with Crippen molar-refractivity contribution in [2.75, 3.05) is 13.2 Å². The first-order valence-corrected chi connectivity index (χ1v) is 10.8. The number of carbonyl (C=O) groups excluding carboxylic acids is 1. The summed E-state index contributed by atoms with van der Waals surface area (Å²) in [7, 11) is 1.47. The van der Waals surface area contributed by atoms with Crippen LogP contribution in [0.3, 0.4) is 0 Å². The molecule has 8 nitrogen and oxygen atoms in total. The summed E-state index contributed by atoms with van der Waals surface area (Å²) in [6.45, 7) is -0.124. The molecular weight excluding hydrogens is 513 g/mol. The molecule has 0 aliphatic carbocycles. The second kappa shape index (κ2) is 9.59. The van der Waals surface area contributed by atoms with Gasteiger partial charge in [0, 0.05) is 25.9 Å². The van der Waals surface area contributed by atoms with Crippen LogP contribution in [0, 0.1) is 17.6 Å². The Morgan fingerprint density at radius 1 is 1.16 bits per heavy atom. The lowest BCUT2D eigenvalue weighted by Gasteiger charge is -2.42. The van der Waals surface area contributed by atoms with Gasteiger partial charge in [-0.05, 0) is 12.0 Å². The van der Waals surface area contributed by atoms with Crippen LogP contribution in [-0.2, 0) is 13.2 Å². The Labute approximate surface area is 205 Å². The molecule has 0 N–H and O–H groups in total. The van der Waals surface area contributed by atoms with E-state index in [1.807, 2.05) is 0 Å². The Morgan fingerprint density at radius 3 is 2.46 bits per heavy atom. The number of hydrogen-bond donors (Lipinski definition) is 0. The van der Waals surface area contributed by atoms with E-state index >= 15 is 0 Å². The number of aryl methyl sites for hydroxylation is 1. The van der Waals surface area contributed by atoms with Gasteiger partial charge in [0.25, 0.3) is 11.8 Å². The topological polar surface area (TPSA) is 86.0 Å². The van der Waals surface area contributed by atoms with E-state index in [9.17, 15) is 35.5 Å². The normalized spacial score (nSPS) is 19.6. The third-order valence-electron chi connectivity index (χ3n) is 5.76. The highest BCUT2D eigenvalue weighted by Crippen LogP contribution is 2.36. The molecule has 1 aliphatic heterocycles. The third-order valence-corrected chi connectivity index (χ3v) is 5.76. The summed E-state index contributed by atoms with van der Waals surface area (Å²) in [5.74, 6) is -8.05. The van der Waals surface area contributed by atoms with Crippen LogP contribution in [0.25, 0.3) is 11.4 Å². The number of pyridine rings is 1. The van der Waals surface area contributed by atoms with Crippen molar-refractivity contribution in [2.24, 2.45) is 13.0 Å². The number of ether oxygens (including phenoxy) is 1. The summed E-state index contributed by atoms with van der Waals surface area (Å²) in [5.41, 5.74) is -1.56. The van der Waals surface area contributed by atoms with Gasteiger partial charge in [0.05, 0.1) is 36.1 Å². The third kappa shape index (κ3) is 5.64. The van der Waals surface area contributed by atoms with E-state index in [-0.39, 0.29) is 23.1 Å². The van der Waals surface area contributed by atoms with Crippen LogP contribution in [0.4, 0.5) is 30.7 Å². The summed E-state index contributed by atoms with van der Waals surface area (Å²) < 4.78 is 101. The van der Waals surface area contributed by atoms with Crippen LogP contribution >= 0.6 is 0 Å². The maximum absolute atomic E-state index is 14.5. The van der Waals surface area contributed by atoms with Gasteiger partial charge < -0.3 is 9.64 Å². The Balaban J connectivity index is 1.63. The molecule has 15 heteroatoms. The summed E-state index contributed by atoms with van der Waals surface area (Å²) in [6, 6.07) is -0.841. The largest absolute Gasteiger partial charge is 0.473 e. The number of nitrogens with zero attached hydrogens (tertiary/aromatic N) is 6. The smallest absolute Gasteiger partial charge is 0.417 e. The van der Waals surface area contributed by atoms with Crippen LogP contribution in [-0.4, -0.2) is 60.7 Å². The number of carbonyl (C=O) groups is 1. The van der Waals surface area contributed by atoms with E-state index in [1.54, 1.807) is 0 Å². The predicted octanol–water partition coefficient (Wildman–Crippen LogP) is 4.13. The lowest BCUT2D eigenvalue weighted by atomic mass is 9.88. The Kier molecular flexibility index (Phi) is 6.81. The molecular formula is C22H19F7N6O2. The Bertz CT molecular complexity index is 1300. The van der Waals surface area contributed by atoms with Crippen molar-refractivity contribution in [1.29, 1.82) is 0 Å². The zero-order valence-corrected chi connectivity index (χ0v) is 19.3. The number of amides is 1. The standard InChI is InChI=1S/C22H19F7N6O2/c1-11-4-21(25,26)10-35(16(11)9-37-19-15(24)3-12(5-32-19)22(27,28)29)20(36)17-14(8-34(2)33-17)18-30-6-13(23)7-31-18/h3,5-8,11,16H,4,9-10H2,1-2H3/t11-,16-/m1/s1. The monoisotopic (exact) mass is 532 g/mol. The highest BCUT2D eigenvalue weighted by atomic mass is 19.4. The average molecular weight is 532 g/mol.